The fourth-order valence-electron chi connectivity index (χ4n) is 1.44. The summed E-state index contributed by atoms with van der Waals surface area (Å²) in [6, 6.07) is 4.70. The average molecular weight is 270 g/mol. The number of carbonyl (C=O) groups excluding carboxylic acids is 1. The van der Waals surface area contributed by atoms with Crippen LogP contribution in [0.4, 0.5) is 13.2 Å². The lowest BCUT2D eigenvalue weighted by Crippen LogP contribution is -2.34. The maximum absolute atomic E-state index is 12.0. The van der Waals surface area contributed by atoms with Crippen molar-refractivity contribution >= 4 is 5.91 Å². The second-order valence-corrected chi connectivity index (χ2v) is 3.78. The minimum Gasteiger partial charge on any atom is -0.343 e. The molecule has 3 N–H and O–H groups in total. The molecule has 0 radical (unpaired) electrons. The van der Waals surface area contributed by atoms with Crippen molar-refractivity contribution < 1.29 is 18.0 Å². The van der Waals surface area contributed by atoms with Gasteiger partial charge in [-0.25, -0.2) is 0 Å². The van der Waals surface area contributed by atoms with Crippen molar-refractivity contribution in [2.75, 3.05) is 13.1 Å². The van der Waals surface area contributed by atoms with Gasteiger partial charge in [0, 0.05) is 11.1 Å². The molecule has 0 aromatic heterocycles. The summed E-state index contributed by atoms with van der Waals surface area (Å²) in [4.78, 5) is 11.7. The van der Waals surface area contributed by atoms with Gasteiger partial charge in [-0.15, -0.1) is 0 Å². The molecule has 0 bridgehead atoms. The lowest BCUT2D eigenvalue weighted by Gasteiger charge is -2.10. The van der Waals surface area contributed by atoms with Gasteiger partial charge >= 0.3 is 6.18 Å². The molecule has 0 aliphatic carbocycles. The SMILES string of the molecule is Cc1c(C#CCN)cccc1C(=O)NCC(F)(F)F. The Kier molecular flexibility index (Phi) is 4.95. The molecular weight excluding hydrogens is 257 g/mol. The van der Waals surface area contributed by atoms with Gasteiger partial charge in [-0.3, -0.25) is 4.79 Å². The zero-order valence-electron chi connectivity index (χ0n) is 10.3. The molecule has 1 aromatic rings. The van der Waals surface area contributed by atoms with Gasteiger partial charge in [-0.05, 0) is 24.6 Å². The third-order valence-corrected chi connectivity index (χ3v) is 2.35. The Morgan fingerprint density at radius 1 is 1.42 bits per heavy atom. The summed E-state index contributed by atoms with van der Waals surface area (Å²) in [5, 5.41) is 1.83. The highest BCUT2D eigenvalue weighted by Crippen LogP contribution is 2.15. The summed E-state index contributed by atoms with van der Waals surface area (Å²) < 4.78 is 36.1. The second kappa shape index (κ2) is 6.25. The van der Waals surface area contributed by atoms with Crippen molar-refractivity contribution in [3.8, 4) is 11.8 Å². The minimum atomic E-state index is -4.43. The average Bonchev–Trinajstić information content (AvgIpc) is 2.34. The molecule has 1 aromatic carbocycles. The van der Waals surface area contributed by atoms with E-state index in [9.17, 15) is 18.0 Å². The maximum Gasteiger partial charge on any atom is 0.405 e. The first-order chi connectivity index (χ1) is 8.85. The Morgan fingerprint density at radius 3 is 2.68 bits per heavy atom. The van der Waals surface area contributed by atoms with Crippen LogP contribution in [-0.2, 0) is 0 Å². The zero-order valence-corrected chi connectivity index (χ0v) is 10.3. The fourth-order valence-corrected chi connectivity index (χ4v) is 1.44. The van der Waals surface area contributed by atoms with Gasteiger partial charge in [0.15, 0.2) is 0 Å². The summed E-state index contributed by atoms with van der Waals surface area (Å²) in [6.45, 7) is 0.441. The van der Waals surface area contributed by atoms with Crippen LogP contribution in [-0.4, -0.2) is 25.2 Å². The van der Waals surface area contributed by atoms with E-state index in [1.807, 2.05) is 5.32 Å². The summed E-state index contributed by atoms with van der Waals surface area (Å²) in [5.41, 5.74) is 6.52. The fraction of sp³-hybridized carbons (Fsp3) is 0.308. The van der Waals surface area contributed by atoms with Crippen LogP contribution in [0.15, 0.2) is 18.2 Å². The minimum absolute atomic E-state index is 0.171. The molecule has 1 rings (SSSR count). The zero-order chi connectivity index (χ0) is 14.5. The van der Waals surface area contributed by atoms with Crippen LogP contribution in [0.2, 0.25) is 0 Å². The molecule has 6 heteroatoms. The Morgan fingerprint density at radius 2 is 2.11 bits per heavy atom. The van der Waals surface area contributed by atoms with Crippen molar-refractivity contribution in [1.29, 1.82) is 0 Å². The Balaban J connectivity index is 2.92. The number of hydrogen-bond acceptors (Lipinski definition) is 2. The number of nitrogens with two attached hydrogens (primary N) is 1. The van der Waals surface area contributed by atoms with Crippen LogP contribution in [0.1, 0.15) is 21.5 Å². The summed E-state index contributed by atoms with van der Waals surface area (Å²) >= 11 is 0. The molecule has 0 unspecified atom stereocenters. The normalized spacial score (nSPS) is 10.6. The molecule has 0 atom stereocenters. The molecule has 102 valence electrons. The summed E-state index contributed by atoms with van der Waals surface area (Å²) in [5.74, 6) is 4.62. The highest BCUT2D eigenvalue weighted by molar-refractivity contribution is 5.96. The van der Waals surface area contributed by atoms with Gasteiger partial charge in [-0.2, -0.15) is 13.2 Å². The maximum atomic E-state index is 12.0. The monoisotopic (exact) mass is 270 g/mol. The predicted molar refractivity (Wildman–Crippen MR) is 65.5 cm³/mol. The van der Waals surface area contributed by atoms with Crippen LogP contribution >= 0.6 is 0 Å². The first-order valence-electron chi connectivity index (χ1n) is 5.48. The third-order valence-electron chi connectivity index (χ3n) is 2.35. The van der Waals surface area contributed by atoms with Crippen molar-refractivity contribution in [1.82, 2.24) is 5.32 Å². The lowest BCUT2D eigenvalue weighted by atomic mass is 10.0. The van der Waals surface area contributed by atoms with E-state index in [-0.39, 0.29) is 12.1 Å². The van der Waals surface area contributed by atoms with E-state index in [4.69, 9.17) is 5.73 Å². The molecule has 19 heavy (non-hydrogen) atoms. The number of carbonyl (C=O) groups is 1. The van der Waals surface area contributed by atoms with Gasteiger partial charge < -0.3 is 11.1 Å². The first kappa shape index (κ1) is 15.1. The topological polar surface area (TPSA) is 55.1 Å². The molecule has 3 nitrogen and oxygen atoms in total. The van der Waals surface area contributed by atoms with E-state index in [1.54, 1.807) is 19.1 Å². The van der Waals surface area contributed by atoms with Crippen LogP contribution in [0.3, 0.4) is 0 Å². The smallest absolute Gasteiger partial charge is 0.343 e. The van der Waals surface area contributed by atoms with E-state index < -0.39 is 18.6 Å². The summed E-state index contributed by atoms with van der Waals surface area (Å²) in [7, 11) is 0. The molecule has 0 aliphatic rings. The number of rotatable bonds is 2. The molecule has 0 saturated heterocycles. The number of halogens is 3. The quantitative estimate of drug-likeness (QED) is 0.802. The van der Waals surface area contributed by atoms with Gasteiger partial charge in [0.25, 0.3) is 5.91 Å². The van der Waals surface area contributed by atoms with Crippen LogP contribution in [0, 0.1) is 18.8 Å². The number of amides is 1. The Bertz CT molecular complexity index is 527. The number of nitrogens with one attached hydrogen (secondary N) is 1. The van der Waals surface area contributed by atoms with E-state index >= 15 is 0 Å². The van der Waals surface area contributed by atoms with Crippen molar-refractivity contribution in [3.05, 3.63) is 34.9 Å². The molecular formula is C13H13F3N2O. The summed E-state index contributed by atoms with van der Waals surface area (Å²) in [6.07, 6.45) is -4.43. The predicted octanol–water partition coefficient (Wildman–Crippen LogP) is 1.60. The van der Waals surface area contributed by atoms with Crippen molar-refractivity contribution in [3.63, 3.8) is 0 Å². The molecule has 0 spiro atoms. The number of benzene rings is 1. The molecule has 0 aliphatic heterocycles. The van der Waals surface area contributed by atoms with Gasteiger partial charge in [-0.1, -0.05) is 17.9 Å². The molecule has 0 heterocycles. The van der Waals surface area contributed by atoms with E-state index in [2.05, 4.69) is 11.8 Å². The lowest BCUT2D eigenvalue weighted by molar-refractivity contribution is -0.123. The van der Waals surface area contributed by atoms with Crippen LogP contribution < -0.4 is 11.1 Å². The van der Waals surface area contributed by atoms with Crippen LogP contribution in [0.5, 0.6) is 0 Å². The number of hydrogen-bond donors (Lipinski definition) is 2. The highest BCUT2D eigenvalue weighted by atomic mass is 19.4. The van der Waals surface area contributed by atoms with Crippen molar-refractivity contribution in [2.45, 2.75) is 13.1 Å². The largest absolute Gasteiger partial charge is 0.405 e. The van der Waals surface area contributed by atoms with E-state index in [1.165, 1.54) is 6.07 Å². The molecule has 0 fully saturated rings. The van der Waals surface area contributed by atoms with E-state index in [0.29, 0.717) is 11.1 Å². The Hall–Kier alpha value is -2.00. The van der Waals surface area contributed by atoms with Gasteiger partial charge in [0.05, 0.1) is 6.54 Å². The van der Waals surface area contributed by atoms with Crippen LogP contribution in [0.25, 0.3) is 0 Å². The Labute approximate surface area is 109 Å². The third kappa shape index (κ3) is 4.64. The van der Waals surface area contributed by atoms with Gasteiger partial charge in [0.2, 0.25) is 0 Å². The molecule has 1 amide bonds. The van der Waals surface area contributed by atoms with Crippen molar-refractivity contribution in [2.24, 2.45) is 5.73 Å². The van der Waals surface area contributed by atoms with Gasteiger partial charge in [0.1, 0.15) is 6.54 Å². The second-order valence-electron chi connectivity index (χ2n) is 3.78. The van der Waals surface area contributed by atoms with E-state index in [0.717, 1.165) is 0 Å². The molecule has 0 saturated carbocycles. The number of alkyl halides is 3. The standard InChI is InChI=1S/C13H13F3N2O/c1-9-10(5-3-7-17)4-2-6-11(9)12(19)18-8-13(14,15)16/h2,4,6H,7-8,17H2,1H3,(H,18,19). The first-order valence-corrected chi connectivity index (χ1v) is 5.48. The highest BCUT2D eigenvalue weighted by Gasteiger charge is 2.28.